The fourth-order valence-electron chi connectivity index (χ4n) is 2.38. The number of ether oxygens (including phenoxy) is 2. The summed E-state index contributed by atoms with van der Waals surface area (Å²) in [4.78, 5) is 14.0. The molecular weight excluding hydrogens is 348 g/mol. The molecule has 3 rings (SSSR count). The molecule has 1 saturated heterocycles. The molecule has 9 nitrogen and oxygen atoms in total. The maximum atomic E-state index is 11.8. The minimum Gasteiger partial charge on any atom is -0.447 e. The van der Waals surface area contributed by atoms with E-state index in [4.69, 9.17) is 21.1 Å². The van der Waals surface area contributed by atoms with E-state index < -0.39 is 6.09 Å². The number of carbonyl (C=O) groups excluding carboxylic acids is 1. The smallest absolute Gasteiger partial charge is 0.411 e. The molecule has 0 spiro atoms. The third-order valence-electron chi connectivity index (χ3n) is 3.70. The van der Waals surface area contributed by atoms with E-state index in [0.29, 0.717) is 23.8 Å². The molecule has 1 N–H and O–H groups in total. The molecule has 1 amide bonds. The summed E-state index contributed by atoms with van der Waals surface area (Å²) in [6.45, 7) is 4.35. The largest absolute Gasteiger partial charge is 0.447 e. The van der Waals surface area contributed by atoms with Crippen LogP contribution in [0.15, 0.2) is 24.3 Å². The van der Waals surface area contributed by atoms with Crippen molar-refractivity contribution in [2.24, 2.45) is 0 Å². The van der Waals surface area contributed by atoms with Gasteiger partial charge in [-0.3, -0.25) is 10.2 Å². The lowest BCUT2D eigenvalue weighted by Gasteiger charge is -2.25. The number of hydrogen-bond acceptors (Lipinski definition) is 7. The maximum absolute atomic E-state index is 11.8. The minimum atomic E-state index is -0.537. The molecular formula is C15H19ClN6O3. The average molecular weight is 367 g/mol. The Labute approximate surface area is 149 Å². The number of anilines is 1. The van der Waals surface area contributed by atoms with Crippen LogP contribution in [0.1, 0.15) is 5.82 Å². The highest BCUT2D eigenvalue weighted by Crippen LogP contribution is 2.13. The van der Waals surface area contributed by atoms with Gasteiger partial charge in [-0.1, -0.05) is 11.6 Å². The number of amides is 1. The van der Waals surface area contributed by atoms with Crippen LogP contribution in [0.25, 0.3) is 0 Å². The fourth-order valence-corrected chi connectivity index (χ4v) is 2.51. The van der Waals surface area contributed by atoms with Crippen LogP contribution in [0.5, 0.6) is 0 Å². The Morgan fingerprint density at radius 3 is 2.80 bits per heavy atom. The van der Waals surface area contributed by atoms with Crippen molar-refractivity contribution in [3.05, 3.63) is 35.1 Å². The van der Waals surface area contributed by atoms with Gasteiger partial charge in [0.2, 0.25) is 0 Å². The normalized spacial score (nSPS) is 15.1. The minimum absolute atomic E-state index is 0.167. The van der Waals surface area contributed by atoms with Crippen molar-refractivity contribution in [3.63, 3.8) is 0 Å². The predicted molar refractivity (Wildman–Crippen MR) is 90.3 cm³/mol. The van der Waals surface area contributed by atoms with Gasteiger partial charge >= 0.3 is 6.09 Å². The first-order valence-electron chi connectivity index (χ1n) is 7.95. The number of tetrazole rings is 1. The Hall–Kier alpha value is -2.23. The molecule has 1 aliphatic rings. The zero-order valence-corrected chi connectivity index (χ0v) is 14.4. The lowest BCUT2D eigenvalue weighted by atomic mass is 10.3. The van der Waals surface area contributed by atoms with E-state index in [9.17, 15) is 4.79 Å². The van der Waals surface area contributed by atoms with Gasteiger partial charge in [0, 0.05) is 23.8 Å². The number of hydrogen-bond donors (Lipinski definition) is 1. The van der Waals surface area contributed by atoms with Crippen molar-refractivity contribution in [1.29, 1.82) is 0 Å². The number of nitrogens with zero attached hydrogens (tertiary/aromatic N) is 5. The van der Waals surface area contributed by atoms with Gasteiger partial charge in [-0.2, -0.15) is 0 Å². The summed E-state index contributed by atoms with van der Waals surface area (Å²) in [6, 6.07) is 6.78. The number of carbonyl (C=O) groups is 1. The molecule has 134 valence electrons. The monoisotopic (exact) mass is 366 g/mol. The molecule has 10 heteroatoms. The second kappa shape index (κ2) is 8.75. The summed E-state index contributed by atoms with van der Waals surface area (Å²) in [5.74, 6) is 0.739. The summed E-state index contributed by atoms with van der Waals surface area (Å²) in [5.41, 5.74) is 0.616. The highest BCUT2D eigenvalue weighted by molar-refractivity contribution is 6.30. The van der Waals surface area contributed by atoms with Gasteiger partial charge in [-0.25, -0.2) is 9.48 Å². The van der Waals surface area contributed by atoms with Crippen molar-refractivity contribution >= 4 is 23.4 Å². The third kappa shape index (κ3) is 5.38. The molecule has 1 aliphatic heterocycles. The van der Waals surface area contributed by atoms with Gasteiger partial charge < -0.3 is 9.47 Å². The van der Waals surface area contributed by atoms with Crippen LogP contribution in [0.4, 0.5) is 10.5 Å². The Kier molecular flexibility index (Phi) is 6.15. The SMILES string of the molecule is O=C(Nc1ccc(Cl)cc1)OCCn1nnnc1CN1CCOCC1. The number of benzene rings is 1. The average Bonchev–Trinajstić information content (AvgIpc) is 3.05. The van der Waals surface area contributed by atoms with Crippen LogP contribution in [0, 0.1) is 0 Å². The number of morpholine rings is 1. The van der Waals surface area contributed by atoms with Gasteiger partial charge in [0.05, 0.1) is 26.3 Å². The zero-order chi connectivity index (χ0) is 17.5. The maximum Gasteiger partial charge on any atom is 0.411 e. The summed E-state index contributed by atoms with van der Waals surface area (Å²) < 4.78 is 12.1. The van der Waals surface area contributed by atoms with Gasteiger partial charge in [0.1, 0.15) is 6.61 Å². The van der Waals surface area contributed by atoms with Crippen molar-refractivity contribution in [2.75, 3.05) is 38.2 Å². The number of aromatic nitrogens is 4. The van der Waals surface area contributed by atoms with Gasteiger partial charge in [-0.05, 0) is 34.7 Å². The Bertz CT molecular complexity index is 687. The molecule has 0 unspecified atom stereocenters. The summed E-state index contributed by atoms with van der Waals surface area (Å²) >= 11 is 5.80. The third-order valence-corrected chi connectivity index (χ3v) is 3.95. The molecule has 25 heavy (non-hydrogen) atoms. The molecule has 1 aromatic carbocycles. The van der Waals surface area contributed by atoms with E-state index >= 15 is 0 Å². The fraction of sp³-hybridized carbons (Fsp3) is 0.467. The van der Waals surface area contributed by atoms with Gasteiger partial charge in [0.25, 0.3) is 0 Å². The summed E-state index contributed by atoms with van der Waals surface area (Å²) in [7, 11) is 0. The van der Waals surface area contributed by atoms with Crippen LogP contribution in [-0.2, 0) is 22.6 Å². The van der Waals surface area contributed by atoms with E-state index in [1.807, 2.05) is 0 Å². The van der Waals surface area contributed by atoms with Crippen molar-refractivity contribution < 1.29 is 14.3 Å². The molecule has 0 atom stereocenters. The zero-order valence-electron chi connectivity index (χ0n) is 13.6. The second-order valence-corrected chi connectivity index (χ2v) is 5.91. The number of rotatable bonds is 6. The molecule has 2 aromatic rings. The first kappa shape index (κ1) is 17.6. The van der Waals surface area contributed by atoms with E-state index in [-0.39, 0.29) is 6.61 Å². The van der Waals surface area contributed by atoms with Crippen LogP contribution in [-0.4, -0.2) is 64.1 Å². The van der Waals surface area contributed by atoms with E-state index in [0.717, 1.165) is 32.1 Å². The Morgan fingerprint density at radius 1 is 1.28 bits per heavy atom. The number of nitrogens with one attached hydrogen (secondary N) is 1. The van der Waals surface area contributed by atoms with E-state index in [1.165, 1.54) is 0 Å². The highest BCUT2D eigenvalue weighted by atomic mass is 35.5. The Morgan fingerprint density at radius 2 is 2.04 bits per heavy atom. The standard InChI is InChI=1S/C15H19ClN6O3/c16-12-1-3-13(4-2-12)17-15(23)25-10-7-22-14(18-19-20-22)11-21-5-8-24-9-6-21/h1-4H,5-11H2,(H,17,23). The molecule has 0 aliphatic carbocycles. The molecule has 1 aromatic heterocycles. The topological polar surface area (TPSA) is 94.4 Å². The first-order chi connectivity index (χ1) is 12.2. The number of halogens is 1. The molecule has 2 heterocycles. The van der Waals surface area contributed by atoms with Crippen molar-refractivity contribution in [3.8, 4) is 0 Å². The molecule has 0 saturated carbocycles. The van der Waals surface area contributed by atoms with Crippen LogP contribution in [0.2, 0.25) is 5.02 Å². The molecule has 1 fully saturated rings. The van der Waals surface area contributed by atoms with Crippen molar-refractivity contribution in [2.45, 2.75) is 13.1 Å². The van der Waals surface area contributed by atoms with E-state index in [2.05, 4.69) is 25.7 Å². The van der Waals surface area contributed by atoms with Gasteiger partial charge in [0.15, 0.2) is 5.82 Å². The predicted octanol–water partition coefficient (Wildman–Crippen LogP) is 1.41. The van der Waals surface area contributed by atoms with Crippen molar-refractivity contribution in [1.82, 2.24) is 25.1 Å². The molecule has 0 bridgehead atoms. The van der Waals surface area contributed by atoms with E-state index in [1.54, 1.807) is 28.9 Å². The summed E-state index contributed by atoms with van der Waals surface area (Å²) in [6.07, 6.45) is -0.537. The van der Waals surface area contributed by atoms with Crippen LogP contribution >= 0.6 is 11.6 Å². The lowest BCUT2D eigenvalue weighted by molar-refractivity contribution is 0.0322. The lowest BCUT2D eigenvalue weighted by Crippen LogP contribution is -2.36. The second-order valence-electron chi connectivity index (χ2n) is 5.47. The summed E-state index contributed by atoms with van der Waals surface area (Å²) in [5, 5.41) is 14.9. The molecule has 0 radical (unpaired) electrons. The quantitative estimate of drug-likeness (QED) is 0.825. The Balaban J connectivity index is 1.43. The first-order valence-corrected chi connectivity index (χ1v) is 8.33. The van der Waals surface area contributed by atoms with Gasteiger partial charge in [-0.15, -0.1) is 5.10 Å². The highest BCUT2D eigenvalue weighted by Gasteiger charge is 2.15. The van der Waals surface area contributed by atoms with Crippen LogP contribution in [0.3, 0.4) is 0 Å². The van der Waals surface area contributed by atoms with Crippen LogP contribution < -0.4 is 5.32 Å².